The van der Waals surface area contributed by atoms with Gasteiger partial charge in [0.1, 0.15) is 5.82 Å². The van der Waals surface area contributed by atoms with E-state index in [0.717, 1.165) is 11.1 Å². The van der Waals surface area contributed by atoms with E-state index in [0.29, 0.717) is 12.2 Å². The third-order valence-electron chi connectivity index (χ3n) is 2.73. The first-order valence-electron chi connectivity index (χ1n) is 5.58. The molecule has 4 heteroatoms. The average molecular weight is 247 g/mol. The van der Waals surface area contributed by atoms with Crippen LogP contribution in [-0.2, 0) is 6.54 Å². The number of phenolic OH excluding ortho intramolecular Hbond substituents is 2. The molecule has 0 unspecified atom stereocenters. The van der Waals surface area contributed by atoms with Gasteiger partial charge in [-0.1, -0.05) is 18.2 Å². The molecule has 0 radical (unpaired) electrons. The van der Waals surface area contributed by atoms with E-state index in [1.165, 1.54) is 18.2 Å². The molecule has 2 rings (SSSR count). The van der Waals surface area contributed by atoms with Crippen molar-refractivity contribution >= 4 is 5.69 Å². The number of aromatic hydroxyl groups is 2. The van der Waals surface area contributed by atoms with Gasteiger partial charge in [-0.05, 0) is 36.2 Å². The van der Waals surface area contributed by atoms with Gasteiger partial charge in [0.2, 0.25) is 0 Å². The van der Waals surface area contributed by atoms with Gasteiger partial charge in [0.15, 0.2) is 11.5 Å². The van der Waals surface area contributed by atoms with Crippen molar-refractivity contribution in [3.63, 3.8) is 0 Å². The van der Waals surface area contributed by atoms with E-state index in [9.17, 15) is 14.6 Å². The summed E-state index contributed by atoms with van der Waals surface area (Å²) < 4.78 is 13.5. The number of para-hydroxylation sites is 1. The van der Waals surface area contributed by atoms with Gasteiger partial charge in [0, 0.05) is 6.54 Å². The van der Waals surface area contributed by atoms with Gasteiger partial charge in [0.05, 0.1) is 5.69 Å². The first kappa shape index (κ1) is 12.2. The maximum absolute atomic E-state index is 13.5. The Morgan fingerprint density at radius 1 is 1.11 bits per heavy atom. The average Bonchev–Trinajstić information content (AvgIpc) is 2.33. The minimum atomic E-state index is -0.307. The van der Waals surface area contributed by atoms with Crippen LogP contribution < -0.4 is 5.32 Å². The second-order valence-corrected chi connectivity index (χ2v) is 4.11. The molecule has 0 atom stereocenters. The Morgan fingerprint density at radius 2 is 1.89 bits per heavy atom. The van der Waals surface area contributed by atoms with Crippen molar-refractivity contribution in [3.05, 3.63) is 53.3 Å². The van der Waals surface area contributed by atoms with Crippen molar-refractivity contribution in [2.45, 2.75) is 13.5 Å². The SMILES string of the molecule is Cc1cccc(F)c1NCc1ccc(O)c(O)c1. The zero-order chi connectivity index (χ0) is 13.1. The summed E-state index contributed by atoms with van der Waals surface area (Å²) in [6.45, 7) is 2.19. The lowest BCUT2D eigenvalue weighted by Gasteiger charge is -2.11. The van der Waals surface area contributed by atoms with Crippen molar-refractivity contribution in [1.82, 2.24) is 0 Å². The van der Waals surface area contributed by atoms with E-state index in [1.54, 1.807) is 12.1 Å². The van der Waals surface area contributed by atoms with E-state index in [2.05, 4.69) is 5.32 Å². The van der Waals surface area contributed by atoms with Crippen LogP contribution >= 0.6 is 0 Å². The van der Waals surface area contributed by atoms with Gasteiger partial charge in [-0.3, -0.25) is 0 Å². The summed E-state index contributed by atoms with van der Waals surface area (Å²) in [5.41, 5.74) is 2.02. The Hall–Kier alpha value is -2.23. The van der Waals surface area contributed by atoms with Crippen molar-refractivity contribution in [1.29, 1.82) is 0 Å². The molecule has 0 aliphatic rings. The Bertz CT molecular complexity index is 549. The maximum atomic E-state index is 13.5. The molecular formula is C14H14FNO2. The first-order chi connectivity index (χ1) is 8.58. The first-order valence-corrected chi connectivity index (χ1v) is 5.58. The molecule has 2 aromatic rings. The van der Waals surface area contributed by atoms with Crippen LogP contribution in [0.3, 0.4) is 0 Å². The number of halogens is 1. The molecule has 2 aromatic carbocycles. The van der Waals surface area contributed by atoms with Crippen LogP contribution in [-0.4, -0.2) is 10.2 Å². The van der Waals surface area contributed by atoms with Gasteiger partial charge >= 0.3 is 0 Å². The highest BCUT2D eigenvalue weighted by Gasteiger charge is 2.05. The molecule has 0 heterocycles. The minimum Gasteiger partial charge on any atom is -0.504 e. The molecule has 0 fully saturated rings. The monoisotopic (exact) mass is 247 g/mol. The van der Waals surface area contributed by atoms with Crippen LogP contribution in [0, 0.1) is 12.7 Å². The van der Waals surface area contributed by atoms with Gasteiger partial charge < -0.3 is 15.5 Å². The molecule has 0 saturated heterocycles. The van der Waals surface area contributed by atoms with Crippen LogP contribution in [0.1, 0.15) is 11.1 Å². The predicted molar refractivity (Wildman–Crippen MR) is 68.2 cm³/mol. The lowest BCUT2D eigenvalue weighted by atomic mass is 10.1. The van der Waals surface area contributed by atoms with Crippen LogP contribution in [0.4, 0.5) is 10.1 Å². The fourth-order valence-electron chi connectivity index (χ4n) is 1.73. The molecule has 0 aromatic heterocycles. The van der Waals surface area contributed by atoms with Gasteiger partial charge in [-0.25, -0.2) is 4.39 Å². The molecule has 0 bridgehead atoms. The van der Waals surface area contributed by atoms with Gasteiger partial charge in [0.25, 0.3) is 0 Å². The van der Waals surface area contributed by atoms with Crippen LogP contribution in [0.5, 0.6) is 11.5 Å². The lowest BCUT2D eigenvalue weighted by molar-refractivity contribution is 0.403. The largest absolute Gasteiger partial charge is 0.504 e. The summed E-state index contributed by atoms with van der Waals surface area (Å²) in [6.07, 6.45) is 0. The van der Waals surface area contributed by atoms with Crippen molar-refractivity contribution in [2.24, 2.45) is 0 Å². The highest BCUT2D eigenvalue weighted by atomic mass is 19.1. The summed E-state index contributed by atoms with van der Waals surface area (Å²) in [4.78, 5) is 0. The van der Waals surface area contributed by atoms with Gasteiger partial charge in [-0.2, -0.15) is 0 Å². The molecule has 3 nitrogen and oxygen atoms in total. The number of nitrogens with one attached hydrogen (secondary N) is 1. The van der Waals surface area contributed by atoms with Crippen molar-refractivity contribution in [3.8, 4) is 11.5 Å². The van der Waals surface area contributed by atoms with E-state index < -0.39 is 0 Å². The zero-order valence-corrected chi connectivity index (χ0v) is 9.94. The zero-order valence-electron chi connectivity index (χ0n) is 9.94. The number of hydrogen-bond donors (Lipinski definition) is 3. The Balaban J connectivity index is 2.14. The van der Waals surface area contributed by atoms with Crippen LogP contribution in [0.2, 0.25) is 0 Å². The summed E-state index contributed by atoms with van der Waals surface area (Å²) in [7, 11) is 0. The third kappa shape index (κ3) is 2.53. The van der Waals surface area contributed by atoms with E-state index >= 15 is 0 Å². The molecule has 0 spiro atoms. The third-order valence-corrected chi connectivity index (χ3v) is 2.73. The second kappa shape index (κ2) is 4.96. The minimum absolute atomic E-state index is 0.166. The lowest BCUT2D eigenvalue weighted by Crippen LogP contribution is -2.03. The normalized spacial score (nSPS) is 10.3. The quantitative estimate of drug-likeness (QED) is 0.730. The van der Waals surface area contributed by atoms with E-state index in [4.69, 9.17) is 0 Å². The number of benzene rings is 2. The highest BCUT2D eigenvalue weighted by molar-refractivity contribution is 5.52. The fraction of sp³-hybridized carbons (Fsp3) is 0.143. The number of phenols is 2. The number of rotatable bonds is 3. The molecule has 3 N–H and O–H groups in total. The Kier molecular flexibility index (Phi) is 3.37. The van der Waals surface area contributed by atoms with Gasteiger partial charge in [-0.15, -0.1) is 0 Å². The topological polar surface area (TPSA) is 52.5 Å². The summed E-state index contributed by atoms with van der Waals surface area (Å²) in [5.74, 6) is -0.654. The summed E-state index contributed by atoms with van der Waals surface area (Å²) in [6, 6.07) is 9.38. The Morgan fingerprint density at radius 3 is 2.56 bits per heavy atom. The Labute approximate surface area is 105 Å². The van der Waals surface area contributed by atoms with E-state index in [-0.39, 0.29) is 17.3 Å². The summed E-state index contributed by atoms with van der Waals surface area (Å²) >= 11 is 0. The molecule has 0 amide bonds. The maximum Gasteiger partial charge on any atom is 0.157 e. The molecule has 94 valence electrons. The smallest absolute Gasteiger partial charge is 0.157 e. The molecule has 0 aliphatic heterocycles. The molecule has 18 heavy (non-hydrogen) atoms. The second-order valence-electron chi connectivity index (χ2n) is 4.11. The fourth-order valence-corrected chi connectivity index (χ4v) is 1.73. The summed E-state index contributed by atoms with van der Waals surface area (Å²) in [5, 5.41) is 21.5. The highest BCUT2D eigenvalue weighted by Crippen LogP contribution is 2.26. The number of anilines is 1. The van der Waals surface area contributed by atoms with Crippen molar-refractivity contribution in [2.75, 3.05) is 5.32 Å². The van der Waals surface area contributed by atoms with Crippen LogP contribution in [0.25, 0.3) is 0 Å². The number of aryl methyl sites for hydroxylation is 1. The standard InChI is InChI=1S/C14H14FNO2/c1-9-3-2-4-11(15)14(9)16-8-10-5-6-12(17)13(18)7-10/h2-7,16-18H,8H2,1H3. The number of hydrogen-bond acceptors (Lipinski definition) is 3. The van der Waals surface area contributed by atoms with Crippen molar-refractivity contribution < 1.29 is 14.6 Å². The molecular weight excluding hydrogens is 233 g/mol. The van der Waals surface area contributed by atoms with E-state index in [1.807, 2.05) is 13.0 Å². The molecule has 0 aliphatic carbocycles. The van der Waals surface area contributed by atoms with Crippen LogP contribution in [0.15, 0.2) is 36.4 Å². The predicted octanol–water partition coefficient (Wildman–Crippen LogP) is 3.16. The molecule has 0 saturated carbocycles.